The minimum Gasteiger partial charge on any atom is -0.493 e. The number of ether oxygens (including phenoxy) is 2. The summed E-state index contributed by atoms with van der Waals surface area (Å²) in [6.45, 7) is -0.528. The molecule has 0 spiro atoms. The number of nitrogens with one attached hydrogen (secondary N) is 1. The minimum atomic E-state index is -0.828. The van der Waals surface area contributed by atoms with Crippen molar-refractivity contribution in [1.29, 1.82) is 0 Å². The van der Waals surface area contributed by atoms with Crippen LogP contribution in [0.15, 0.2) is 36.4 Å². The maximum absolute atomic E-state index is 13.8. The van der Waals surface area contributed by atoms with Gasteiger partial charge in [-0.15, -0.1) is 0 Å². The molecule has 134 valence electrons. The second-order valence-corrected chi connectivity index (χ2v) is 5.48. The molecular formula is C18H15FN2O5. The Morgan fingerprint density at radius 1 is 1.08 bits per heavy atom. The standard InChI is InChI=1S/C18H15FN2O5/c1-25-13-7-6-10(8-14(13)26-2)20-15(22)9-21-17(23)11-4-3-5-12(19)16(11)18(21)24/h3-8H,9H2,1-2H3,(H,20,22). The highest BCUT2D eigenvalue weighted by atomic mass is 19.1. The van der Waals surface area contributed by atoms with Crippen LogP contribution in [0.5, 0.6) is 11.5 Å². The van der Waals surface area contributed by atoms with E-state index in [0.717, 1.165) is 6.07 Å². The Kier molecular flexibility index (Phi) is 4.57. The van der Waals surface area contributed by atoms with Gasteiger partial charge in [0.15, 0.2) is 11.5 Å². The SMILES string of the molecule is COc1ccc(NC(=O)CN2C(=O)c3cccc(F)c3C2=O)cc1OC. The molecule has 0 unspecified atom stereocenters. The van der Waals surface area contributed by atoms with E-state index >= 15 is 0 Å². The third kappa shape index (κ3) is 2.97. The number of methoxy groups -OCH3 is 2. The van der Waals surface area contributed by atoms with Crippen molar-refractivity contribution in [1.82, 2.24) is 4.90 Å². The maximum atomic E-state index is 13.8. The molecule has 1 aliphatic heterocycles. The molecule has 1 heterocycles. The van der Waals surface area contributed by atoms with Gasteiger partial charge in [0.1, 0.15) is 12.4 Å². The van der Waals surface area contributed by atoms with Crippen LogP contribution in [0.2, 0.25) is 0 Å². The fourth-order valence-corrected chi connectivity index (χ4v) is 2.69. The van der Waals surface area contributed by atoms with Crippen LogP contribution in [-0.2, 0) is 4.79 Å². The molecule has 0 bridgehead atoms. The van der Waals surface area contributed by atoms with E-state index in [1.54, 1.807) is 18.2 Å². The Bertz CT molecular complexity index is 912. The van der Waals surface area contributed by atoms with Crippen LogP contribution < -0.4 is 14.8 Å². The molecule has 0 aliphatic carbocycles. The van der Waals surface area contributed by atoms with Crippen molar-refractivity contribution in [2.75, 3.05) is 26.1 Å². The topological polar surface area (TPSA) is 84.9 Å². The Morgan fingerprint density at radius 3 is 2.46 bits per heavy atom. The average Bonchev–Trinajstić information content (AvgIpc) is 2.87. The molecule has 0 saturated heterocycles. The summed E-state index contributed by atoms with van der Waals surface area (Å²) in [6.07, 6.45) is 0. The normalized spacial score (nSPS) is 12.8. The number of halogens is 1. The summed E-state index contributed by atoms with van der Waals surface area (Å²) in [4.78, 5) is 37.4. The van der Waals surface area contributed by atoms with E-state index in [9.17, 15) is 18.8 Å². The first-order valence-electron chi connectivity index (χ1n) is 7.63. The molecule has 7 nitrogen and oxygen atoms in total. The summed E-state index contributed by atoms with van der Waals surface area (Å²) in [5.41, 5.74) is 0.0424. The molecule has 2 aromatic rings. The first kappa shape index (κ1) is 17.4. The predicted octanol–water partition coefficient (Wildman–Crippen LogP) is 2.08. The Hall–Kier alpha value is -3.42. The molecule has 0 saturated carbocycles. The fourth-order valence-electron chi connectivity index (χ4n) is 2.69. The van der Waals surface area contributed by atoms with Crippen LogP contribution >= 0.6 is 0 Å². The predicted molar refractivity (Wildman–Crippen MR) is 89.9 cm³/mol. The van der Waals surface area contributed by atoms with Crippen molar-refractivity contribution < 1.29 is 28.2 Å². The molecule has 1 N–H and O–H groups in total. The van der Waals surface area contributed by atoms with Gasteiger partial charge in [0.05, 0.1) is 25.3 Å². The molecule has 1 aliphatic rings. The highest BCUT2D eigenvalue weighted by Crippen LogP contribution is 2.30. The fraction of sp³-hybridized carbons (Fsp3) is 0.167. The van der Waals surface area contributed by atoms with Crippen LogP contribution in [0, 0.1) is 5.82 Å². The molecule has 0 atom stereocenters. The zero-order valence-corrected chi connectivity index (χ0v) is 14.0. The zero-order valence-electron chi connectivity index (χ0n) is 14.0. The number of rotatable bonds is 5. The smallest absolute Gasteiger partial charge is 0.265 e. The van der Waals surface area contributed by atoms with Gasteiger partial charge >= 0.3 is 0 Å². The van der Waals surface area contributed by atoms with E-state index < -0.39 is 30.1 Å². The summed E-state index contributed by atoms with van der Waals surface area (Å²) < 4.78 is 24.1. The van der Waals surface area contributed by atoms with Crippen molar-refractivity contribution in [3.8, 4) is 11.5 Å². The third-order valence-corrected chi connectivity index (χ3v) is 3.92. The Morgan fingerprint density at radius 2 is 1.81 bits per heavy atom. The first-order valence-corrected chi connectivity index (χ1v) is 7.63. The summed E-state index contributed by atoms with van der Waals surface area (Å²) in [5.74, 6) is -2.03. The highest BCUT2D eigenvalue weighted by molar-refractivity contribution is 6.22. The van der Waals surface area contributed by atoms with Crippen molar-refractivity contribution in [2.45, 2.75) is 0 Å². The van der Waals surface area contributed by atoms with Gasteiger partial charge in [0.25, 0.3) is 11.8 Å². The molecule has 8 heteroatoms. The summed E-state index contributed by atoms with van der Waals surface area (Å²) in [6, 6.07) is 8.51. The van der Waals surface area contributed by atoms with E-state index in [1.807, 2.05) is 0 Å². The second-order valence-electron chi connectivity index (χ2n) is 5.48. The minimum absolute atomic E-state index is 0.0473. The van der Waals surface area contributed by atoms with Crippen LogP contribution in [-0.4, -0.2) is 43.4 Å². The molecule has 3 amide bonds. The highest BCUT2D eigenvalue weighted by Gasteiger charge is 2.38. The number of amides is 3. The van der Waals surface area contributed by atoms with Gasteiger partial charge in [-0.05, 0) is 24.3 Å². The third-order valence-electron chi connectivity index (χ3n) is 3.92. The van der Waals surface area contributed by atoms with Crippen molar-refractivity contribution in [3.63, 3.8) is 0 Å². The number of hydrogen-bond donors (Lipinski definition) is 1. The Labute approximate surface area is 148 Å². The van der Waals surface area contributed by atoms with Crippen molar-refractivity contribution >= 4 is 23.4 Å². The quantitative estimate of drug-likeness (QED) is 0.827. The van der Waals surface area contributed by atoms with Crippen molar-refractivity contribution in [3.05, 3.63) is 53.3 Å². The first-order chi connectivity index (χ1) is 12.5. The molecule has 3 rings (SSSR count). The average molecular weight is 358 g/mol. The number of anilines is 1. The summed E-state index contributed by atoms with van der Waals surface area (Å²) >= 11 is 0. The van der Waals surface area contributed by atoms with E-state index in [1.165, 1.54) is 26.4 Å². The summed E-state index contributed by atoms with van der Waals surface area (Å²) in [7, 11) is 2.94. The van der Waals surface area contributed by atoms with Crippen LogP contribution in [0.1, 0.15) is 20.7 Å². The van der Waals surface area contributed by atoms with E-state index in [2.05, 4.69) is 5.32 Å². The van der Waals surface area contributed by atoms with Gasteiger partial charge in [-0.25, -0.2) is 4.39 Å². The lowest BCUT2D eigenvalue weighted by atomic mass is 10.1. The monoisotopic (exact) mass is 358 g/mol. The van der Waals surface area contributed by atoms with Crippen LogP contribution in [0.25, 0.3) is 0 Å². The number of fused-ring (bicyclic) bond motifs is 1. The second kappa shape index (κ2) is 6.83. The number of carbonyl (C=O) groups excluding carboxylic acids is 3. The van der Waals surface area contributed by atoms with E-state index in [0.29, 0.717) is 22.1 Å². The molecule has 26 heavy (non-hydrogen) atoms. The van der Waals surface area contributed by atoms with Crippen LogP contribution in [0.3, 0.4) is 0 Å². The van der Waals surface area contributed by atoms with Gasteiger partial charge < -0.3 is 14.8 Å². The lowest BCUT2D eigenvalue weighted by Crippen LogP contribution is -2.37. The van der Waals surface area contributed by atoms with Gasteiger partial charge in [-0.2, -0.15) is 0 Å². The molecule has 0 radical (unpaired) electrons. The Balaban J connectivity index is 1.74. The maximum Gasteiger partial charge on any atom is 0.265 e. The number of imide groups is 1. The van der Waals surface area contributed by atoms with E-state index in [4.69, 9.17) is 9.47 Å². The van der Waals surface area contributed by atoms with Crippen molar-refractivity contribution in [2.24, 2.45) is 0 Å². The largest absolute Gasteiger partial charge is 0.493 e. The van der Waals surface area contributed by atoms with E-state index in [-0.39, 0.29) is 11.1 Å². The van der Waals surface area contributed by atoms with Gasteiger partial charge in [-0.1, -0.05) is 6.07 Å². The lowest BCUT2D eigenvalue weighted by Gasteiger charge is -2.14. The van der Waals surface area contributed by atoms with Gasteiger partial charge in [-0.3, -0.25) is 19.3 Å². The number of hydrogen-bond acceptors (Lipinski definition) is 5. The number of benzene rings is 2. The number of nitrogens with zero attached hydrogens (tertiary/aromatic N) is 1. The van der Waals surface area contributed by atoms with Gasteiger partial charge in [0, 0.05) is 11.8 Å². The zero-order chi connectivity index (χ0) is 18.8. The molecule has 2 aromatic carbocycles. The number of carbonyl (C=O) groups is 3. The lowest BCUT2D eigenvalue weighted by molar-refractivity contribution is -0.116. The summed E-state index contributed by atoms with van der Waals surface area (Å²) in [5, 5.41) is 2.56. The molecular weight excluding hydrogens is 343 g/mol. The molecule has 0 aromatic heterocycles. The molecule has 0 fully saturated rings. The van der Waals surface area contributed by atoms with Gasteiger partial charge in [0.2, 0.25) is 5.91 Å². The van der Waals surface area contributed by atoms with Crippen LogP contribution in [0.4, 0.5) is 10.1 Å².